The first-order valence-electron chi connectivity index (χ1n) is 14.8. The summed E-state index contributed by atoms with van der Waals surface area (Å²) in [5.74, 6) is -0.0437. The summed E-state index contributed by atoms with van der Waals surface area (Å²) in [7, 11) is 0. The molecule has 238 valence electrons. The second-order valence-corrected chi connectivity index (χ2v) is 10.8. The van der Waals surface area contributed by atoms with Crippen molar-refractivity contribution in [3.63, 3.8) is 0 Å². The average molecular weight is 629 g/mol. The molecule has 0 unspecified atom stereocenters. The van der Waals surface area contributed by atoms with Gasteiger partial charge in [-0.15, -0.1) is 0 Å². The number of pyridine rings is 1. The molecular weight excluding hydrogens is 596 g/mol. The van der Waals surface area contributed by atoms with E-state index in [1.165, 1.54) is 18.6 Å². The summed E-state index contributed by atoms with van der Waals surface area (Å²) >= 11 is 0. The van der Waals surface area contributed by atoms with E-state index in [2.05, 4.69) is 20.6 Å². The number of hydrogen-bond donors (Lipinski definition) is 2. The number of nitrogens with one attached hydrogen (secondary N) is 2. The van der Waals surface area contributed by atoms with E-state index in [-0.39, 0.29) is 43.1 Å². The summed E-state index contributed by atoms with van der Waals surface area (Å²) in [6.45, 7) is 2.12. The zero-order valence-electron chi connectivity index (χ0n) is 24.5. The molecule has 5 heterocycles. The summed E-state index contributed by atoms with van der Waals surface area (Å²) in [4.78, 5) is 26.7. The van der Waals surface area contributed by atoms with Gasteiger partial charge in [0.05, 0.1) is 31.0 Å². The Morgan fingerprint density at radius 1 is 1.09 bits per heavy atom. The minimum atomic E-state index is -4.41. The van der Waals surface area contributed by atoms with Crippen molar-refractivity contribution in [1.29, 1.82) is 0 Å². The second kappa shape index (κ2) is 13.0. The van der Waals surface area contributed by atoms with E-state index in [9.17, 15) is 22.4 Å². The molecule has 0 aliphatic carbocycles. The molecule has 0 radical (unpaired) electrons. The van der Waals surface area contributed by atoms with Crippen molar-refractivity contribution in [1.82, 2.24) is 24.7 Å². The molecule has 1 saturated heterocycles. The lowest BCUT2D eigenvalue weighted by Gasteiger charge is -2.23. The van der Waals surface area contributed by atoms with Gasteiger partial charge in [-0.2, -0.15) is 13.2 Å². The standard InChI is InChI=1S/C31H32F4N6O4/c1-2-44-29(42)27-28-22(19-3-5-24(18-7-10-43-11-8-18)40-25(19)15-36-16-31(33,34)35)14-38-30(41(28)17-39-27)37-13-21-20-9-12-45-26(20)6-4-23(21)32/h3-6,14,17-18,36H,2,7-13,15-16H2,1H3,(H,37,38). The lowest BCUT2D eigenvalue weighted by atomic mass is 9.94. The van der Waals surface area contributed by atoms with E-state index in [1.807, 2.05) is 6.07 Å². The fourth-order valence-corrected chi connectivity index (χ4v) is 5.81. The van der Waals surface area contributed by atoms with Crippen LogP contribution in [0.25, 0.3) is 16.6 Å². The van der Waals surface area contributed by atoms with Gasteiger partial charge in [0.15, 0.2) is 5.69 Å². The van der Waals surface area contributed by atoms with Crippen LogP contribution in [0.4, 0.5) is 23.5 Å². The molecule has 1 aromatic carbocycles. The Morgan fingerprint density at radius 3 is 2.69 bits per heavy atom. The lowest BCUT2D eigenvalue weighted by Crippen LogP contribution is -2.29. The molecule has 2 aliphatic rings. The van der Waals surface area contributed by atoms with Gasteiger partial charge in [-0.05, 0) is 38.0 Å². The number of carbonyl (C=O) groups is 1. The molecule has 2 N–H and O–H groups in total. The number of alkyl halides is 3. The van der Waals surface area contributed by atoms with Gasteiger partial charge >= 0.3 is 12.1 Å². The van der Waals surface area contributed by atoms with E-state index >= 15 is 0 Å². The number of rotatable bonds is 10. The third kappa shape index (κ3) is 6.57. The maximum Gasteiger partial charge on any atom is 0.401 e. The topological polar surface area (TPSA) is 112 Å². The van der Waals surface area contributed by atoms with Crippen LogP contribution in [0.15, 0.2) is 36.8 Å². The molecular formula is C31H32F4N6O4. The van der Waals surface area contributed by atoms with Gasteiger partial charge in [-0.25, -0.2) is 19.2 Å². The number of esters is 1. The number of ether oxygens (including phenoxy) is 3. The average Bonchev–Trinajstić information content (AvgIpc) is 3.69. The third-order valence-electron chi connectivity index (χ3n) is 7.94. The Balaban J connectivity index is 1.42. The first kappa shape index (κ1) is 30.7. The van der Waals surface area contributed by atoms with Gasteiger partial charge in [-0.1, -0.05) is 6.07 Å². The third-order valence-corrected chi connectivity index (χ3v) is 7.94. The van der Waals surface area contributed by atoms with Crippen molar-refractivity contribution in [2.24, 2.45) is 0 Å². The number of benzene rings is 1. The Morgan fingerprint density at radius 2 is 1.91 bits per heavy atom. The van der Waals surface area contributed by atoms with Gasteiger partial charge in [0, 0.05) is 72.8 Å². The lowest BCUT2D eigenvalue weighted by molar-refractivity contribution is -0.125. The molecule has 6 rings (SSSR count). The van der Waals surface area contributed by atoms with Crippen molar-refractivity contribution in [3.05, 3.63) is 70.8 Å². The predicted molar refractivity (Wildman–Crippen MR) is 156 cm³/mol. The Hall–Kier alpha value is -4.30. The minimum absolute atomic E-state index is 0.000176. The molecule has 0 amide bonds. The SMILES string of the molecule is CCOC(=O)c1ncn2c(NCc3c(F)ccc4c3CCO4)ncc(-c3ccc(C4CCOCC4)nc3CNCC(F)(F)F)c12. The number of hydrogen-bond acceptors (Lipinski definition) is 9. The predicted octanol–water partition coefficient (Wildman–Crippen LogP) is 5.20. The molecule has 2 aliphatic heterocycles. The number of imidazole rings is 1. The highest BCUT2D eigenvalue weighted by molar-refractivity contribution is 6.00. The Labute approximate surface area is 256 Å². The van der Waals surface area contributed by atoms with Crippen molar-refractivity contribution in [2.45, 2.75) is 51.4 Å². The van der Waals surface area contributed by atoms with E-state index < -0.39 is 18.7 Å². The van der Waals surface area contributed by atoms with Crippen LogP contribution in [-0.4, -0.2) is 64.5 Å². The molecule has 45 heavy (non-hydrogen) atoms. The van der Waals surface area contributed by atoms with Crippen LogP contribution >= 0.6 is 0 Å². The largest absolute Gasteiger partial charge is 0.493 e. The normalized spacial score (nSPS) is 15.2. The highest BCUT2D eigenvalue weighted by Gasteiger charge is 2.28. The number of aromatic nitrogens is 4. The first-order chi connectivity index (χ1) is 21.7. The fraction of sp³-hybridized carbons (Fsp3) is 0.419. The molecule has 1 fully saturated rings. The molecule has 3 aromatic heterocycles. The van der Waals surface area contributed by atoms with Gasteiger partial charge < -0.3 is 24.8 Å². The number of anilines is 1. The molecule has 14 heteroatoms. The maximum atomic E-state index is 14.8. The van der Waals surface area contributed by atoms with Gasteiger partial charge in [0.2, 0.25) is 5.95 Å². The zero-order valence-corrected chi connectivity index (χ0v) is 24.5. The van der Waals surface area contributed by atoms with E-state index in [1.54, 1.807) is 23.5 Å². The fourth-order valence-electron chi connectivity index (χ4n) is 5.81. The molecule has 0 bridgehead atoms. The quantitative estimate of drug-likeness (QED) is 0.181. The minimum Gasteiger partial charge on any atom is -0.493 e. The van der Waals surface area contributed by atoms with Crippen LogP contribution < -0.4 is 15.4 Å². The second-order valence-electron chi connectivity index (χ2n) is 10.8. The van der Waals surface area contributed by atoms with Crippen LogP contribution in [0.2, 0.25) is 0 Å². The highest BCUT2D eigenvalue weighted by Crippen LogP contribution is 2.35. The Kier molecular flexibility index (Phi) is 8.85. The summed E-state index contributed by atoms with van der Waals surface area (Å²) in [6.07, 6.45) is 0.581. The number of carbonyl (C=O) groups excluding carboxylic acids is 1. The van der Waals surface area contributed by atoms with Gasteiger partial charge in [-0.3, -0.25) is 9.38 Å². The van der Waals surface area contributed by atoms with Crippen LogP contribution in [0.5, 0.6) is 5.75 Å². The summed E-state index contributed by atoms with van der Waals surface area (Å²) in [5.41, 5.74) is 3.58. The van der Waals surface area contributed by atoms with Crippen LogP contribution in [0, 0.1) is 5.82 Å². The van der Waals surface area contributed by atoms with Crippen molar-refractivity contribution in [3.8, 4) is 16.9 Å². The van der Waals surface area contributed by atoms with Crippen molar-refractivity contribution in [2.75, 3.05) is 38.3 Å². The molecule has 0 atom stereocenters. The molecule has 10 nitrogen and oxygen atoms in total. The van der Waals surface area contributed by atoms with Crippen molar-refractivity contribution < 1.29 is 36.6 Å². The first-order valence-corrected chi connectivity index (χ1v) is 14.8. The van der Waals surface area contributed by atoms with Crippen molar-refractivity contribution >= 4 is 17.4 Å². The zero-order chi connectivity index (χ0) is 31.6. The number of fused-ring (bicyclic) bond motifs is 2. The van der Waals surface area contributed by atoms with Crippen LogP contribution in [-0.2, 0) is 29.0 Å². The molecule has 0 spiro atoms. The number of halogens is 4. The highest BCUT2D eigenvalue weighted by atomic mass is 19.4. The van der Waals surface area contributed by atoms with E-state index in [4.69, 9.17) is 19.2 Å². The van der Waals surface area contributed by atoms with E-state index in [0.717, 1.165) is 24.1 Å². The smallest absolute Gasteiger partial charge is 0.401 e. The molecule has 4 aromatic rings. The summed E-state index contributed by atoms with van der Waals surface area (Å²) < 4.78 is 71.9. The van der Waals surface area contributed by atoms with E-state index in [0.29, 0.717) is 59.9 Å². The summed E-state index contributed by atoms with van der Waals surface area (Å²) in [6, 6.07) is 6.60. The molecule has 0 saturated carbocycles. The van der Waals surface area contributed by atoms with Gasteiger partial charge in [0.25, 0.3) is 0 Å². The van der Waals surface area contributed by atoms with Crippen LogP contribution in [0.3, 0.4) is 0 Å². The van der Waals surface area contributed by atoms with Crippen LogP contribution in [0.1, 0.15) is 58.7 Å². The van der Waals surface area contributed by atoms with Gasteiger partial charge in [0.1, 0.15) is 17.9 Å². The Bertz CT molecular complexity index is 1700. The monoisotopic (exact) mass is 628 g/mol. The summed E-state index contributed by atoms with van der Waals surface area (Å²) in [5, 5.41) is 5.61. The maximum absolute atomic E-state index is 14.8. The number of nitrogens with zero attached hydrogens (tertiary/aromatic N) is 4.